The molecule has 0 bridgehead atoms. The Bertz CT molecular complexity index is 335. The van der Waals surface area contributed by atoms with E-state index in [-0.39, 0.29) is 0 Å². The first-order valence-corrected chi connectivity index (χ1v) is 3.38. The van der Waals surface area contributed by atoms with E-state index in [0.717, 1.165) is 11.3 Å². The molecule has 0 unspecified atom stereocenters. The third kappa shape index (κ3) is 1.05. The summed E-state index contributed by atoms with van der Waals surface area (Å²) in [7, 11) is 1.89. The summed E-state index contributed by atoms with van der Waals surface area (Å²) < 4.78 is 6.70. The molecule has 0 aliphatic heterocycles. The number of nitrogens with zero attached hydrogens (tertiary/aromatic N) is 2. The molecule has 3 heteroatoms. The van der Waals surface area contributed by atoms with Crippen LogP contribution in [-0.2, 0) is 7.05 Å². The Morgan fingerprint density at radius 2 is 2.36 bits per heavy atom. The van der Waals surface area contributed by atoms with E-state index in [9.17, 15) is 0 Å². The molecule has 0 amide bonds. The lowest BCUT2D eigenvalue weighted by molar-refractivity contribution is 0.568. The molecule has 11 heavy (non-hydrogen) atoms. The number of hydrogen-bond donors (Lipinski definition) is 0. The van der Waals surface area contributed by atoms with Crippen LogP contribution in [0.1, 0.15) is 0 Å². The second-order valence-corrected chi connectivity index (χ2v) is 2.39. The molecule has 0 aliphatic rings. The second kappa shape index (κ2) is 2.27. The maximum absolute atomic E-state index is 4.93. The third-order valence-electron chi connectivity index (χ3n) is 1.53. The highest BCUT2D eigenvalue weighted by molar-refractivity contribution is 5.56. The van der Waals surface area contributed by atoms with Crippen LogP contribution >= 0.6 is 0 Å². The van der Waals surface area contributed by atoms with Crippen molar-refractivity contribution in [2.24, 2.45) is 7.05 Å². The largest absolute Gasteiger partial charge is 0.472 e. The number of furan rings is 1. The minimum absolute atomic E-state index is 0.946. The number of aryl methyl sites for hydroxylation is 1. The predicted octanol–water partition coefficient (Wildman–Crippen LogP) is 1.68. The molecule has 2 aromatic rings. The lowest BCUT2D eigenvalue weighted by atomic mass is 10.2. The monoisotopic (exact) mass is 148 g/mol. The summed E-state index contributed by atoms with van der Waals surface area (Å²) in [4.78, 5) is 0. The van der Waals surface area contributed by atoms with E-state index in [1.807, 2.05) is 25.4 Å². The van der Waals surface area contributed by atoms with Gasteiger partial charge in [-0.25, -0.2) is 0 Å². The smallest absolute Gasteiger partial charge is 0.0997 e. The van der Waals surface area contributed by atoms with Crippen LogP contribution in [-0.4, -0.2) is 9.78 Å². The van der Waals surface area contributed by atoms with Crippen molar-refractivity contribution in [3.63, 3.8) is 0 Å². The summed E-state index contributed by atoms with van der Waals surface area (Å²) >= 11 is 0. The average Bonchev–Trinajstić information content (AvgIpc) is 2.55. The summed E-state index contributed by atoms with van der Waals surface area (Å²) in [5, 5.41) is 4.21. The van der Waals surface area contributed by atoms with Crippen LogP contribution in [0.4, 0.5) is 0 Å². The van der Waals surface area contributed by atoms with Crippen molar-refractivity contribution in [3.8, 4) is 11.3 Å². The molecule has 3 nitrogen and oxygen atoms in total. The molecule has 0 fully saturated rings. The van der Waals surface area contributed by atoms with E-state index >= 15 is 0 Å². The maximum atomic E-state index is 4.93. The van der Waals surface area contributed by atoms with E-state index in [1.54, 1.807) is 17.2 Å². The van der Waals surface area contributed by atoms with Gasteiger partial charge < -0.3 is 4.42 Å². The molecule has 2 heterocycles. The maximum Gasteiger partial charge on any atom is 0.0997 e. The summed E-state index contributed by atoms with van der Waals surface area (Å²) in [6, 6.07) is 3.84. The Kier molecular flexibility index (Phi) is 1.28. The molecule has 0 saturated carbocycles. The Labute approximate surface area is 64.3 Å². The lowest BCUT2D eigenvalue weighted by Gasteiger charge is -1.86. The molecule has 0 atom stereocenters. The summed E-state index contributed by atoms with van der Waals surface area (Å²) in [6.45, 7) is 0. The van der Waals surface area contributed by atoms with E-state index in [2.05, 4.69) is 5.10 Å². The van der Waals surface area contributed by atoms with Crippen LogP contribution in [0, 0.1) is 0 Å². The standard InChI is InChI=1S/C8H8N2O/c1-10-4-2-8(9-10)7-3-5-11-6-7/h2-6H,1H3. The average molecular weight is 148 g/mol. The summed E-state index contributed by atoms with van der Waals surface area (Å²) in [6.07, 6.45) is 5.23. The molecule has 0 aliphatic carbocycles. The first-order valence-electron chi connectivity index (χ1n) is 3.38. The zero-order valence-corrected chi connectivity index (χ0v) is 6.19. The van der Waals surface area contributed by atoms with Crippen LogP contribution < -0.4 is 0 Å². The molecule has 0 spiro atoms. The highest BCUT2D eigenvalue weighted by Crippen LogP contribution is 2.15. The second-order valence-electron chi connectivity index (χ2n) is 2.39. The highest BCUT2D eigenvalue weighted by atomic mass is 16.3. The molecule has 2 rings (SSSR count). The van der Waals surface area contributed by atoms with Gasteiger partial charge in [0.25, 0.3) is 0 Å². The van der Waals surface area contributed by atoms with Crippen molar-refractivity contribution < 1.29 is 4.42 Å². The Morgan fingerprint density at radius 3 is 2.91 bits per heavy atom. The van der Waals surface area contributed by atoms with Crippen LogP contribution in [0.15, 0.2) is 35.3 Å². The Balaban J connectivity index is 2.45. The van der Waals surface area contributed by atoms with Crippen molar-refractivity contribution in [1.29, 1.82) is 0 Å². The van der Waals surface area contributed by atoms with E-state index < -0.39 is 0 Å². The molecule has 2 aromatic heterocycles. The zero-order chi connectivity index (χ0) is 7.68. The van der Waals surface area contributed by atoms with Gasteiger partial charge in [0.1, 0.15) is 0 Å². The minimum atomic E-state index is 0.946. The van der Waals surface area contributed by atoms with Gasteiger partial charge in [0.2, 0.25) is 0 Å². The highest BCUT2D eigenvalue weighted by Gasteiger charge is 2.00. The SMILES string of the molecule is Cn1ccc(-c2ccoc2)n1. The van der Waals surface area contributed by atoms with Gasteiger partial charge in [-0.3, -0.25) is 4.68 Å². The third-order valence-corrected chi connectivity index (χ3v) is 1.53. The van der Waals surface area contributed by atoms with Gasteiger partial charge in [0.15, 0.2) is 0 Å². The molecule has 56 valence electrons. The topological polar surface area (TPSA) is 31.0 Å². The van der Waals surface area contributed by atoms with Crippen molar-refractivity contribution in [2.75, 3.05) is 0 Å². The number of hydrogen-bond acceptors (Lipinski definition) is 2. The number of rotatable bonds is 1. The van der Waals surface area contributed by atoms with Crippen molar-refractivity contribution in [1.82, 2.24) is 9.78 Å². The van der Waals surface area contributed by atoms with Gasteiger partial charge in [-0.2, -0.15) is 5.10 Å². The molecule has 0 aromatic carbocycles. The Morgan fingerprint density at radius 1 is 1.45 bits per heavy atom. The van der Waals surface area contributed by atoms with Crippen LogP contribution in [0.5, 0.6) is 0 Å². The molecular formula is C8H8N2O. The quantitative estimate of drug-likeness (QED) is 0.616. The fraction of sp³-hybridized carbons (Fsp3) is 0.125. The van der Waals surface area contributed by atoms with Gasteiger partial charge in [-0.05, 0) is 12.1 Å². The fourth-order valence-corrected chi connectivity index (χ4v) is 0.979. The molecular weight excluding hydrogens is 140 g/mol. The van der Waals surface area contributed by atoms with Gasteiger partial charge in [-0.15, -0.1) is 0 Å². The first kappa shape index (κ1) is 6.22. The fourth-order valence-electron chi connectivity index (χ4n) is 0.979. The normalized spacial score (nSPS) is 10.3. The molecule has 0 N–H and O–H groups in total. The van der Waals surface area contributed by atoms with Crippen LogP contribution in [0.25, 0.3) is 11.3 Å². The van der Waals surface area contributed by atoms with Gasteiger partial charge >= 0.3 is 0 Å². The van der Waals surface area contributed by atoms with Crippen LogP contribution in [0.3, 0.4) is 0 Å². The molecule has 0 radical (unpaired) electrons. The minimum Gasteiger partial charge on any atom is -0.472 e. The van der Waals surface area contributed by atoms with E-state index in [0.29, 0.717) is 0 Å². The van der Waals surface area contributed by atoms with Gasteiger partial charge in [0, 0.05) is 18.8 Å². The van der Waals surface area contributed by atoms with E-state index in [1.165, 1.54) is 0 Å². The predicted molar refractivity (Wildman–Crippen MR) is 40.9 cm³/mol. The number of aromatic nitrogens is 2. The summed E-state index contributed by atoms with van der Waals surface area (Å²) in [5.41, 5.74) is 1.96. The Hall–Kier alpha value is -1.51. The summed E-state index contributed by atoms with van der Waals surface area (Å²) in [5.74, 6) is 0. The molecule has 0 saturated heterocycles. The van der Waals surface area contributed by atoms with Crippen molar-refractivity contribution in [3.05, 3.63) is 30.9 Å². The zero-order valence-electron chi connectivity index (χ0n) is 6.19. The van der Waals surface area contributed by atoms with Crippen molar-refractivity contribution >= 4 is 0 Å². The van der Waals surface area contributed by atoms with Gasteiger partial charge in [0.05, 0.1) is 18.2 Å². The lowest BCUT2D eigenvalue weighted by Crippen LogP contribution is -1.86. The van der Waals surface area contributed by atoms with Gasteiger partial charge in [-0.1, -0.05) is 0 Å². The first-order chi connectivity index (χ1) is 5.36. The van der Waals surface area contributed by atoms with Crippen molar-refractivity contribution in [2.45, 2.75) is 0 Å². The van der Waals surface area contributed by atoms with Crippen LogP contribution in [0.2, 0.25) is 0 Å². The van der Waals surface area contributed by atoms with E-state index in [4.69, 9.17) is 4.42 Å².